The second-order valence-electron chi connectivity index (χ2n) is 7.53. The van der Waals surface area contributed by atoms with Crippen molar-refractivity contribution < 1.29 is 9.53 Å². The molecule has 124 valence electrons. The highest BCUT2D eigenvalue weighted by molar-refractivity contribution is 5.68. The third-order valence-corrected chi connectivity index (χ3v) is 4.14. The van der Waals surface area contributed by atoms with Gasteiger partial charge in [0.1, 0.15) is 5.60 Å². The second kappa shape index (κ2) is 8.02. The number of likely N-dealkylation sites (tertiary alicyclic amines) is 1. The SMILES string of the molecule is CCC(C)CNC(C)CC1CCCN1C(=O)OC(C)(C)C. The standard InChI is InChI=1S/C17H34N2O2/c1-7-13(2)12-18-14(3)11-15-9-8-10-19(15)16(20)21-17(4,5)6/h13-15,18H,7-12H2,1-6H3. The first kappa shape index (κ1) is 18.3. The van der Waals surface area contributed by atoms with E-state index in [0.717, 1.165) is 32.4 Å². The van der Waals surface area contributed by atoms with Crippen LogP contribution in [0.15, 0.2) is 0 Å². The molecule has 4 heteroatoms. The molecule has 1 N–H and O–H groups in total. The molecule has 3 atom stereocenters. The number of hydrogen-bond donors (Lipinski definition) is 1. The zero-order chi connectivity index (χ0) is 16.0. The van der Waals surface area contributed by atoms with Crippen molar-refractivity contribution >= 4 is 6.09 Å². The molecule has 0 aromatic heterocycles. The highest BCUT2D eigenvalue weighted by Crippen LogP contribution is 2.24. The molecule has 0 aromatic carbocycles. The molecule has 1 amide bonds. The molecular formula is C17H34N2O2. The zero-order valence-corrected chi connectivity index (χ0v) is 14.7. The van der Waals surface area contributed by atoms with E-state index in [0.29, 0.717) is 18.0 Å². The van der Waals surface area contributed by atoms with E-state index in [1.54, 1.807) is 0 Å². The quantitative estimate of drug-likeness (QED) is 0.811. The Balaban J connectivity index is 2.44. The summed E-state index contributed by atoms with van der Waals surface area (Å²) in [5.41, 5.74) is -0.412. The highest BCUT2D eigenvalue weighted by Gasteiger charge is 2.32. The van der Waals surface area contributed by atoms with Crippen LogP contribution in [0.5, 0.6) is 0 Å². The number of hydrogen-bond acceptors (Lipinski definition) is 3. The Labute approximate surface area is 130 Å². The van der Waals surface area contributed by atoms with Crippen LogP contribution in [0.4, 0.5) is 4.79 Å². The van der Waals surface area contributed by atoms with Crippen LogP contribution in [0, 0.1) is 5.92 Å². The molecule has 1 aliphatic heterocycles. The van der Waals surface area contributed by atoms with E-state index in [1.807, 2.05) is 25.7 Å². The predicted molar refractivity (Wildman–Crippen MR) is 87.5 cm³/mol. The van der Waals surface area contributed by atoms with E-state index in [1.165, 1.54) is 6.42 Å². The van der Waals surface area contributed by atoms with E-state index in [2.05, 4.69) is 26.1 Å². The highest BCUT2D eigenvalue weighted by atomic mass is 16.6. The molecule has 0 spiro atoms. The van der Waals surface area contributed by atoms with Crippen LogP contribution in [-0.4, -0.2) is 41.8 Å². The molecule has 3 unspecified atom stereocenters. The summed E-state index contributed by atoms with van der Waals surface area (Å²) in [6.07, 6.45) is 4.23. The molecule has 1 rings (SSSR count). The number of amides is 1. The molecule has 21 heavy (non-hydrogen) atoms. The predicted octanol–water partition coefficient (Wildman–Crippen LogP) is 3.80. The van der Waals surface area contributed by atoms with Crippen LogP contribution in [-0.2, 0) is 4.74 Å². The van der Waals surface area contributed by atoms with Gasteiger partial charge in [-0.05, 0) is 59.4 Å². The van der Waals surface area contributed by atoms with Gasteiger partial charge < -0.3 is 15.0 Å². The average molecular weight is 298 g/mol. The van der Waals surface area contributed by atoms with Gasteiger partial charge in [0.25, 0.3) is 0 Å². The summed E-state index contributed by atoms with van der Waals surface area (Å²) in [7, 11) is 0. The minimum absolute atomic E-state index is 0.154. The minimum Gasteiger partial charge on any atom is -0.444 e. The molecule has 0 bridgehead atoms. The van der Waals surface area contributed by atoms with Crippen molar-refractivity contribution in [2.75, 3.05) is 13.1 Å². The van der Waals surface area contributed by atoms with Gasteiger partial charge in [0.15, 0.2) is 0 Å². The first-order valence-electron chi connectivity index (χ1n) is 8.46. The van der Waals surface area contributed by atoms with Gasteiger partial charge in [-0.15, -0.1) is 0 Å². The summed E-state index contributed by atoms with van der Waals surface area (Å²) in [6, 6.07) is 0.756. The number of rotatable bonds is 6. The lowest BCUT2D eigenvalue weighted by atomic mass is 10.0. The van der Waals surface area contributed by atoms with Crippen molar-refractivity contribution in [2.45, 2.75) is 84.9 Å². The smallest absolute Gasteiger partial charge is 0.410 e. The Morgan fingerprint density at radius 3 is 2.62 bits per heavy atom. The van der Waals surface area contributed by atoms with Gasteiger partial charge in [-0.1, -0.05) is 20.3 Å². The Kier molecular flexibility index (Phi) is 6.98. The summed E-state index contributed by atoms with van der Waals surface area (Å²) < 4.78 is 5.52. The Morgan fingerprint density at radius 2 is 2.05 bits per heavy atom. The Hall–Kier alpha value is -0.770. The summed E-state index contributed by atoms with van der Waals surface area (Å²) in [6.45, 7) is 14.4. The van der Waals surface area contributed by atoms with Crippen LogP contribution >= 0.6 is 0 Å². The lowest BCUT2D eigenvalue weighted by molar-refractivity contribution is 0.0214. The summed E-state index contributed by atoms with van der Waals surface area (Å²) in [5, 5.41) is 3.59. The first-order chi connectivity index (χ1) is 9.73. The fourth-order valence-corrected chi connectivity index (χ4v) is 2.68. The van der Waals surface area contributed by atoms with E-state index in [4.69, 9.17) is 4.74 Å². The topological polar surface area (TPSA) is 41.6 Å². The van der Waals surface area contributed by atoms with Crippen LogP contribution in [0.3, 0.4) is 0 Å². The zero-order valence-electron chi connectivity index (χ0n) is 14.7. The third-order valence-electron chi connectivity index (χ3n) is 4.14. The Bertz CT molecular complexity index is 325. The van der Waals surface area contributed by atoms with Gasteiger partial charge in [0.2, 0.25) is 0 Å². The minimum atomic E-state index is -0.412. The van der Waals surface area contributed by atoms with Crippen molar-refractivity contribution in [3.05, 3.63) is 0 Å². The molecule has 1 saturated heterocycles. The molecule has 0 aromatic rings. The lowest BCUT2D eigenvalue weighted by Gasteiger charge is -2.30. The second-order valence-corrected chi connectivity index (χ2v) is 7.53. The van der Waals surface area contributed by atoms with Gasteiger partial charge in [0.05, 0.1) is 0 Å². The molecule has 0 radical (unpaired) electrons. The number of carbonyl (C=O) groups is 1. The maximum atomic E-state index is 12.2. The van der Waals surface area contributed by atoms with E-state index < -0.39 is 5.60 Å². The number of ether oxygens (including phenoxy) is 1. The van der Waals surface area contributed by atoms with Gasteiger partial charge in [-0.25, -0.2) is 4.79 Å². The van der Waals surface area contributed by atoms with Crippen LogP contribution < -0.4 is 5.32 Å². The molecule has 4 nitrogen and oxygen atoms in total. The molecule has 0 aliphatic carbocycles. The average Bonchev–Trinajstić information content (AvgIpc) is 2.82. The summed E-state index contributed by atoms with van der Waals surface area (Å²) in [4.78, 5) is 14.2. The van der Waals surface area contributed by atoms with Gasteiger partial charge in [-0.2, -0.15) is 0 Å². The van der Waals surface area contributed by atoms with Crippen LogP contribution in [0.25, 0.3) is 0 Å². The summed E-state index contributed by atoms with van der Waals surface area (Å²) >= 11 is 0. The number of nitrogens with one attached hydrogen (secondary N) is 1. The number of nitrogens with zero attached hydrogens (tertiary/aromatic N) is 1. The monoisotopic (exact) mass is 298 g/mol. The van der Waals surface area contributed by atoms with Crippen molar-refractivity contribution in [3.8, 4) is 0 Å². The van der Waals surface area contributed by atoms with Crippen LogP contribution in [0.1, 0.15) is 67.2 Å². The molecule has 1 heterocycles. The van der Waals surface area contributed by atoms with Crippen molar-refractivity contribution in [1.82, 2.24) is 10.2 Å². The fraction of sp³-hybridized carbons (Fsp3) is 0.941. The van der Waals surface area contributed by atoms with Crippen LogP contribution in [0.2, 0.25) is 0 Å². The van der Waals surface area contributed by atoms with Crippen molar-refractivity contribution in [3.63, 3.8) is 0 Å². The van der Waals surface area contributed by atoms with Gasteiger partial charge >= 0.3 is 6.09 Å². The fourth-order valence-electron chi connectivity index (χ4n) is 2.68. The molecule has 0 saturated carbocycles. The normalized spacial score (nSPS) is 22.2. The first-order valence-corrected chi connectivity index (χ1v) is 8.46. The van der Waals surface area contributed by atoms with Crippen molar-refractivity contribution in [1.29, 1.82) is 0 Å². The maximum Gasteiger partial charge on any atom is 0.410 e. The van der Waals surface area contributed by atoms with Gasteiger partial charge in [0, 0.05) is 18.6 Å². The largest absolute Gasteiger partial charge is 0.444 e. The number of carbonyl (C=O) groups excluding carboxylic acids is 1. The lowest BCUT2D eigenvalue weighted by Crippen LogP contribution is -2.43. The summed E-state index contributed by atoms with van der Waals surface area (Å²) in [5.74, 6) is 0.706. The Morgan fingerprint density at radius 1 is 1.38 bits per heavy atom. The van der Waals surface area contributed by atoms with Gasteiger partial charge in [-0.3, -0.25) is 0 Å². The molecule has 1 fully saturated rings. The molecule has 1 aliphatic rings. The van der Waals surface area contributed by atoms with E-state index >= 15 is 0 Å². The molecular weight excluding hydrogens is 264 g/mol. The van der Waals surface area contributed by atoms with Crippen molar-refractivity contribution in [2.24, 2.45) is 5.92 Å². The third kappa shape index (κ3) is 6.68. The maximum absolute atomic E-state index is 12.2. The van der Waals surface area contributed by atoms with E-state index in [-0.39, 0.29) is 6.09 Å². The van der Waals surface area contributed by atoms with E-state index in [9.17, 15) is 4.79 Å².